The first-order valence-electron chi connectivity index (χ1n) is 6.47. The molecular formula is C16H17N3. The highest BCUT2D eigenvalue weighted by atomic mass is 15.1. The fourth-order valence-electron chi connectivity index (χ4n) is 1.99. The van der Waals surface area contributed by atoms with E-state index in [1.165, 1.54) is 0 Å². The summed E-state index contributed by atoms with van der Waals surface area (Å²) < 4.78 is 0. The first-order chi connectivity index (χ1) is 9.40. The molecule has 0 unspecified atom stereocenters. The zero-order valence-corrected chi connectivity index (χ0v) is 10.9. The lowest BCUT2D eigenvalue weighted by molar-refractivity contribution is 0.771. The summed E-state index contributed by atoms with van der Waals surface area (Å²) in [6.45, 7) is 1.63. The van der Waals surface area contributed by atoms with Gasteiger partial charge in [-0.3, -0.25) is 4.98 Å². The first kappa shape index (κ1) is 13.1. The number of anilines is 1. The molecule has 1 heterocycles. The van der Waals surface area contributed by atoms with Crippen molar-refractivity contribution in [2.45, 2.75) is 12.8 Å². The summed E-state index contributed by atoms with van der Waals surface area (Å²) in [5.74, 6) is 0. The zero-order valence-electron chi connectivity index (χ0n) is 10.9. The Morgan fingerprint density at radius 2 is 1.79 bits per heavy atom. The average molecular weight is 251 g/mol. The van der Waals surface area contributed by atoms with Crippen LogP contribution in [0.15, 0.2) is 54.7 Å². The molecule has 2 rings (SSSR count). The summed E-state index contributed by atoms with van der Waals surface area (Å²) in [4.78, 5) is 6.57. The molecule has 0 atom stereocenters. The highest BCUT2D eigenvalue weighted by Crippen LogP contribution is 2.14. The molecule has 0 bridgehead atoms. The van der Waals surface area contributed by atoms with Gasteiger partial charge in [0.25, 0.3) is 0 Å². The summed E-state index contributed by atoms with van der Waals surface area (Å²) in [5, 5.41) is 8.76. The van der Waals surface area contributed by atoms with Gasteiger partial charge >= 0.3 is 0 Å². The van der Waals surface area contributed by atoms with Crippen LogP contribution >= 0.6 is 0 Å². The monoisotopic (exact) mass is 251 g/mol. The van der Waals surface area contributed by atoms with E-state index in [4.69, 9.17) is 5.26 Å². The van der Waals surface area contributed by atoms with E-state index in [0.717, 1.165) is 30.9 Å². The predicted octanol–water partition coefficient (Wildman–Crippen LogP) is 3.04. The zero-order chi connectivity index (χ0) is 13.3. The van der Waals surface area contributed by atoms with Gasteiger partial charge in [0.2, 0.25) is 0 Å². The Hall–Kier alpha value is -2.34. The van der Waals surface area contributed by atoms with E-state index < -0.39 is 0 Å². The molecule has 0 saturated carbocycles. The quantitative estimate of drug-likeness (QED) is 0.792. The minimum Gasteiger partial charge on any atom is -0.370 e. The number of pyridine rings is 1. The molecule has 3 nitrogen and oxygen atoms in total. The number of aromatic nitrogens is 1. The maximum absolute atomic E-state index is 8.76. The van der Waals surface area contributed by atoms with Gasteiger partial charge in [-0.1, -0.05) is 24.3 Å². The van der Waals surface area contributed by atoms with Crippen LogP contribution in [-0.4, -0.2) is 18.1 Å². The predicted molar refractivity (Wildman–Crippen MR) is 76.8 cm³/mol. The van der Waals surface area contributed by atoms with Gasteiger partial charge in [0.1, 0.15) is 0 Å². The third kappa shape index (κ3) is 4.11. The fourth-order valence-corrected chi connectivity index (χ4v) is 1.99. The van der Waals surface area contributed by atoms with Crippen molar-refractivity contribution in [3.63, 3.8) is 0 Å². The summed E-state index contributed by atoms with van der Waals surface area (Å²) in [7, 11) is 0. The Morgan fingerprint density at radius 1 is 1.00 bits per heavy atom. The molecule has 0 radical (unpaired) electrons. The van der Waals surface area contributed by atoms with Crippen molar-refractivity contribution in [3.05, 3.63) is 60.4 Å². The van der Waals surface area contributed by atoms with Gasteiger partial charge in [-0.05, 0) is 24.3 Å². The number of nitriles is 1. The normalized spacial score (nSPS) is 9.84. The maximum Gasteiger partial charge on any atom is 0.0640 e. The molecule has 0 aliphatic heterocycles. The molecule has 0 saturated heterocycles. The number of nitrogens with zero attached hydrogens (tertiary/aromatic N) is 3. The Kier molecular flexibility index (Phi) is 4.95. The SMILES string of the molecule is N#CCCN(CCc1ccccn1)c1ccccc1. The molecule has 1 aromatic heterocycles. The number of hydrogen-bond acceptors (Lipinski definition) is 3. The lowest BCUT2D eigenvalue weighted by atomic mass is 10.2. The minimum absolute atomic E-state index is 0.539. The van der Waals surface area contributed by atoms with Crippen LogP contribution in [-0.2, 0) is 6.42 Å². The van der Waals surface area contributed by atoms with Gasteiger partial charge < -0.3 is 4.90 Å². The van der Waals surface area contributed by atoms with E-state index in [-0.39, 0.29) is 0 Å². The highest BCUT2D eigenvalue weighted by molar-refractivity contribution is 5.46. The molecule has 2 aromatic rings. The van der Waals surface area contributed by atoms with Crippen LogP contribution in [0.4, 0.5) is 5.69 Å². The third-order valence-corrected chi connectivity index (χ3v) is 2.98. The van der Waals surface area contributed by atoms with Crippen LogP contribution in [0.25, 0.3) is 0 Å². The highest BCUT2D eigenvalue weighted by Gasteiger charge is 2.06. The summed E-state index contributed by atoms with van der Waals surface area (Å²) in [6, 6.07) is 18.4. The molecule has 96 valence electrons. The molecule has 1 aromatic carbocycles. The molecule has 0 spiro atoms. The lowest BCUT2D eigenvalue weighted by Gasteiger charge is -2.23. The Morgan fingerprint density at radius 3 is 2.47 bits per heavy atom. The standard InChI is InChI=1S/C16H17N3/c17-11-6-13-19(16-8-2-1-3-9-16)14-10-15-7-4-5-12-18-15/h1-5,7-9,12H,6,10,13-14H2. The van der Waals surface area contributed by atoms with Gasteiger partial charge in [-0.15, -0.1) is 0 Å². The van der Waals surface area contributed by atoms with Crippen LogP contribution in [0.1, 0.15) is 12.1 Å². The van der Waals surface area contributed by atoms with Crippen molar-refractivity contribution < 1.29 is 0 Å². The molecule has 0 amide bonds. The van der Waals surface area contributed by atoms with E-state index in [1.54, 1.807) is 0 Å². The molecule has 0 aliphatic carbocycles. The minimum atomic E-state index is 0.539. The molecule has 0 fully saturated rings. The van der Waals surface area contributed by atoms with Crippen molar-refractivity contribution in [2.75, 3.05) is 18.0 Å². The van der Waals surface area contributed by atoms with E-state index in [0.29, 0.717) is 6.42 Å². The smallest absolute Gasteiger partial charge is 0.0640 e. The van der Waals surface area contributed by atoms with Crippen LogP contribution in [0.5, 0.6) is 0 Å². The summed E-state index contributed by atoms with van der Waals surface area (Å²) in [5.41, 5.74) is 2.24. The maximum atomic E-state index is 8.76. The number of hydrogen-bond donors (Lipinski definition) is 0. The Balaban J connectivity index is 2.00. The van der Waals surface area contributed by atoms with E-state index in [9.17, 15) is 0 Å². The Bertz CT molecular complexity index is 517. The van der Waals surface area contributed by atoms with Crippen molar-refractivity contribution in [1.29, 1.82) is 5.26 Å². The third-order valence-electron chi connectivity index (χ3n) is 2.98. The first-order valence-corrected chi connectivity index (χ1v) is 6.47. The molecule has 0 aliphatic rings. The Labute approximate surface area is 114 Å². The summed E-state index contributed by atoms with van der Waals surface area (Å²) in [6.07, 6.45) is 3.25. The fraction of sp³-hybridized carbons (Fsp3) is 0.250. The second-order valence-electron chi connectivity index (χ2n) is 4.30. The average Bonchev–Trinajstić information content (AvgIpc) is 2.49. The van der Waals surface area contributed by atoms with Gasteiger partial charge in [0, 0.05) is 37.1 Å². The number of benzene rings is 1. The molecule has 0 N–H and O–H groups in total. The van der Waals surface area contributed by atoms with E-state index >= 15 is 0 Å². The van der Waals surface area contributed by atoms with Gasteiger partial charge in [-0.2, -0.15) is 5.26 Å². The molecule has 19 heavy (non-hydrogen) atoms. The van der Waals surface area contributed by atoms with Gasteiger partial charge in [0.05, 0.1) is 12.5 Å². The topological polar surface area (TPSA) is 39.9 Å². The summed E-state index contributed by atoms with van der Waals surface area (Å²) >= 11 is 0. The van der Waals surface area contributed by atoms with Crippen molar-refractivity contribution in [3.8, 4) is 6.07 Å². The van der Waals surface area contributed by atoms with Crippen molar-refractivity contribution >= 4 is 5.69 Å². The lowest BCUT2D eigenvalue weighted by Crippen LogP contribution is -2.26. The van der Waals surface area contributed by atoms with E-state index in [2.05, 4.69) is 28.1 Å². The second-order valence-corrected chi connectivity index (χ2v) is 4.30. The molecule has 3 heteroatoms. The van der Waals surface area contributed by atoms with Gasteiger partial charge in [-0.25, -0.2) is 0 Å². The van der Waals surface area contributed by atoms with Crippen molar-refractivity contribution in [2.24, 2.45) is 0 Å². The second kappa shape index (κ2) is 7.17. The molecular weight excluding hydrogens is 234 g/mol. The van der Waals surface area contributed by atoms with Crippen LogP contribution in [0.2, 0.25) is 0 Å². The van der Waals surface area contributed by atoms with Crippen LogP contribution < -0.4 is 4.90 Å². The number of para-hydroxylation sites is 1. The van der Waals surface area contributed by atoms with Crippen molar-refractivity contribution in [1.82, 2.24) is 4.98 Å². The number of rotatable bonds is 6. The largest absolute Gasteiger partial charge is 0.370 e. The van der Waals surface area contributed by atoms with Gasteiger partial charge in [0.15, 0.2) is 0 Å². The van der Waals surface area contributed by atoms with Crippen LogP contribution in [0.3, 0.4) is 0 Å². The van der Waals surface area contributed by atoms with Crippen LogP contribution in [0, 0.1) is 11.3 Å². The van der Waals surface area contributed by atoms with E-state index in [1.807, 2.05) is 42.6 Å².